The minimum absolute atomic E-state index is 0.0331. The molecule has 1 saturated carbocycles. The first-order valence-electron chi connectivity index (χ1n) is 6.39. The molecule has 21 heavy (non-hydrogen) atoms. The summed E-state index contributed by atoms with van der Waals surface area (Å²) in [6.45, 7) is 1.59. The first-order valence-corrected chi connectivity index (χ1v) is 6.77. The summed E-state index contributed by atoms with van der Waals surface area (Å²) in [5.74, 6) is -1.85. The molecule has 1 aliphatic rings. The number of hydrogen-bond donors (Lipinski definition) is 2. The van der Waals surface area contributed by atoms with Crippen LogP contribution in [0.4, 0.5) is 15.8 Å². The minimum Gasteiger partial charge on any atom is -0.481 e. The first-order chi connectivity index (χ1) is 9.75. The zero-order valence-electron chi connectivity index (χ0n) is 11.2. The van der Waals surface area contributed by atoms with E-state index < -0.39 is 33.9 Å². The van der Waals surface area contributed by atoms with Gasteiger partial charge in [0, 0.05) is 6.04 Å². The lowest BCUT2D eigenvalue weighted by Gasteiger charge is -2.28. The van der Waals surface area contributed by atoms with E-state index in [1.54, 1.807) is 6.92 Å². The van der Waals surface area contributed by atoms with Crippen molar-refractivity contribution in [2.24, 2.45) is 5.41 Å². The summed E-state index contributed by atoms with van der Waals surface area (Å²) in [6.07, 6.45) is 1.74. The van der Waals surface area contributed by atoms with Crippen LogP contribution in [0.15, 0.2) is 12.1 Å². The second-order valence-electron chi connectivity index (χ2n) is 5.35. The van der Waals surface area contributed by atoms with Crippen molar-refractivity contribution in [1.82, 2.24) is 0 Å². The van der Waals surface area contributed by atoms with Gasteiger partial charge in [-0.25, -0.2) is 4.39 Å². The van der Waals surface area contributed by atoms with Crippen LogP contribution in [0.2, 0.25) is 5.02 Å². The Bertz CT molecular complexity index is 610. The molecule has 0 saturated heterocycles. The standard InChI is InChI=1S/C13H14ClFN2O4/c1-13(12(18)19)4-2-3-11(13)16-9-5-7(14)8(15)6-10(9)17(20)21/h5-6,11,16H,2-4H2,1H3,(H,18,19). The minimum atomic E-state index is -1.02. The molecular formula is C13H14ClFN2O4. The fourth-order valence-electron chi connectivity index (χ4n) is 2.64. The summed E-state index contributed by atoms with van der Waals surface area (Å²) in [7, 11) is 0. The second kappa shape index (κ2) is 5.48. The molecule has 1 aliphatic carbocycles. The Morgan fingerprint density at radius 2 is 2.29 bits per heavy atom. The molecular weight excluding hydrogens is 303 g/mol. The van der Waals surface area contributed by atoms with Gasteiger partial charge < -0.3 is 10.4 Å². The number of aliphatic carboxylic acids is 1. The monoisotopic (exact) mass is 316 g/mol. The molecule has 8 heteroatoms. The summed E-state index contributed by atoms with van der Waals surface area (Å²) in [6, 6.07) is 1.38. The van der Waals surface area contributed by atoms with E-state index >= 15 is 0 Å². The van der Waals surface area contributed by atoms with E-state index in [0.717, 1.165) is 12.1 Å². The zero-order valence-corrected chi connectivity index (χ0v) is 12.0. The van der Waals surface area contributed by atoms with Gasteiger partial charge in [0.2, 0.25) is 0 Å². The predicted molar refractivity (Wildman–Crippen MR) is 75.1 cm³/mol. The number of carbonyl (C=O) groups is 1. The van der Waals surface area contributed by atoms with Crippen molar-refractivity contribution >= 4 is 28.9 Å². The molecule has 2 unspecified atom stereocenters. The number of nitro benzene ring substituents is 1. The Labute approximate surface area is 125 Å². The fourth-order valence-corrected chi connectivity index (χ4v) is 2.81. The number of nitrogens with zero attached hydrogens (tertiary/aromatic N) is 1. The Hall–Kier alpha value is -1.89. The maximum atomic E-state index is 13.4. The number of anilines is 1. The molecule has 0 heterocycles. The molecule has 0 radical (unpaired) electrons. The number of carboxylic acids is 1. The number of carboxylic acid groups (broad SMARTS) is 1. The molecule has 1 aromatic carbocycles. The molecule has 2 N–H and O–H groups in total. The maximum Gasteiger partial charge on any atom is 0.311 e. The summed E-state index contributed by atoms with van der Waals surface area (Å²) >= 11 is 5.66. The van der Waals surface area contributed by atoms with Crippen molar-refractivity contribution in [3.63, 3.8) is 0 Å². The van der Waals surface area contributed by atoms with Gasteiger partial charge in [0.1, 0.15) is 11.5 Å². The van der Waals surface area contributed by atoms with Crippen LogP contribution in [0.3, 0.4) is 0 Å². The van der Waals surface area contributed by atoms with Crippen LogP contribution in [0.25, 0.3) is 0 Å². The van der Waals surface area contributed by atoms with Crippen molar-refractivity contribution < 1.29 is 19.2 Å². The molecule has 0 aromatic heterocycles. The average molecular weight is 317 g/mol. The summed E-state index contributed by atoms with van der Waals surface area (Å²) in [5.41, 5.74) is -1.45. The van der Waals surface area contributed by atoms with Gasteiger partial charge in [0.15, 0.2) is 0 Å². The van der Waals surface area contributed by atoms with E-state index in [9.17, 15) is 24.4 Å². The highest BCUT2D eigenvalue weighted by Gasteiger charge is 2.45. The first kappa shape index (κ1) is 15.5. The quantitative estimate of drug-likeness (QED) is 0.655. The highest BCUT2D eigenvalue weighted by molar-refractivity contribution is 6.31. The number of benzene rings is 1. The summed E-state index contributed by atoms with van der Waals surface area (Å²) in [5, 5.41) is 22.9. The van der Waals surface area contributed by atoms with Crippen molar-refractivity contribution in [3.05, 3.63) is 33.1 Å². The predicted octanol–water partition coefficient (Wildman–Crippen LogP) is 3.44. The van der Waals surface area contributed by atoms with Gasteiger partial charge in [-0.3, -0.25) is 14.9 Å². The van der Waals surface area contributed by atoms with E-state index in [4.69, 9.17) is 11.6 Å². The van der Waals surface area contributed by atoms with Gasteiger partial charge in [-0.15, -0.1) is 0 Å². The third kappa shape index (κ3) is 2.78. The zero-order chi connectivity index (χ0) is 15.8. The summed E-state index contributed by atoms with van der Waals surface area (Å²) < 4.78 is 13.4. The second-order valence-corrected chi connectivity index (χ2v) is 5.76. The van der Waals surface area contributed by atoms with Crippen LogP contribution in [0.1, 0.15) is 26.2 Å². The SMILES string of the molecule is CC1(C(=O)O)CCCC1Nc1cc(Cl)c(F)cc1[N+](=O)[O-]. The van der Waals surface area contributed by atoms with Crippen LogP contribution in [0.5, 0.6) is 0 Å². The van der Waals surface area contributed by atoms with E-state index in [1.807, 2.05) is 0 Å². The van der Waals surface area contributed by atoms with Crippen LogP contribution in [-0.4, -0.2) is 22.0 Å². The molecule has 2 atom stereocenters. The van der Waals surface area contributed by atoms with Gasteiger partial charge in [-0.1, -0.05) is 18.0 Å². The maximum absolute atomic E-state index is 13.4. The molecule has 1 aromatic rings. The Morgan fingerprint density at radius 3 is 2.86 bits per heavy atom. The molecule has 1 fully saturated rings. The molecule has 114 valence electrons. The third-order valence-electron chi connectivity index (χ3n) is 4.01. The van der Waals surface area contributed by atoms with Gasteiger partial charge >= 0.3 is 5.97 Å². The molecule has 0 bridgehead atoms. The molecule has 6 nitrogen and oxygen atoms in total. The van der Waals surface area contributed by atoms with Gasteiger partial charge in [0.05, 0.1) is 21.4 Å². The molecule has 0 aliphatic heterocycles. The van der Waals surface area contributed by atoms with Crippen LogP contribution < -0.4 is 5.32 Å². The van der Waals surface area contributed by atoms with Crippen molar-refractivity contribution in [2.75, 3.05) is 5.32 Å². The molecule has 0 amide bonds. The normalized spacial score (nSPS) is 24.8. The van der Waals surface area contributed by atoms with Gasteiger partial charge in [0.25, 0.3) is 5.69 Å². The average Bonchev–Trinajstić information content (AvgIpc) is 2.76. The van der Waals surface area contributed by atoms with E-state index in [1.165, 1.54) is 0 Å². The van der Waals surface area contributed by atoms with E-state index in [2.05, 4.69) is 5.32 Å². The van der Waals surface area contributed by atoms with Crippen molar-refractivity contribution in [2.45, 2.75) is 32.2 Å². The Morgan fingerprint density at radius 1 is 1.62 bits per heavy atom. The highest BCUT2D eigenvalue weighted by atomic mass is 35.5. The Balaban J connectivity index is 2.37. The van der Waals surface area contributed by atoms with Gasteiger partial charge in [-0.05, 0) is 25.8 Å². The number of rotatable bonds is 4. The summed E-state index contributed by atoms with van der Waals surface area (Å²) in [4.78, 5) is 21.7. The smallest absolute Gasteiger partial charge is 0.311 e. The third-order valence-corrected chi connectivity index (χ3v) is 4.30. The van der Waals surface area contributed by atoms with E-state index in [-0.39, 0.29) is 10.7 Å². The van der Waals surface area contributed by atoms with Gasteiger partial charge in [-0.2, -0.15) is 0 Å². The largest absolute Gasteiger partial charge is 0.481 e. The van der Waals surface area contributed by atoms with Crippen LogP contribution in [-0.2, 0) is 4.79 Å². The van der Waals surface area contributed by atoms with Crippen LogP contribution >= 0.6 is 11.6 Å². The topological polar surface area (TPSA) is 92.5 Å². The van der Waals surface area contributed by atoms with E-state index in [0.29, 0.717) is 19.3 Å². The number of hydrogen-bond acceptors (Lipinski definition) is 4. The number of nitrogens with one attached hydrogen (secondary N) is 1. The lowest BCUT2D eigenvalue weighted by atomic mass is 9.85. The number of nitro groups is 1. The highest BCUT2D eigenvalue weighted by Crippen LogP contribution is 2.41. The molecule has 0 spiro atoms. The van der Waals surface area contributed by atoms with Crippen molar-refractivity contribution in [1.29, 1.82) is 0 Å². The lowest BCUT2D eigenvalue weighted by molar-refractivity contribution is -0.384. The fraction of sp³-hybridized carbons (Fsp3) is 0.462. The Kier molecular flexibility index (Phi) is 4.04. The molecule has 2 rings (SSSR count). The lowest BCUT2D eigenvalue weighted by Crippen LogP contribution is -2.40. The van der Waals surface area contributed by atoms with Crippen LogP contribution in [0, 0.1) is 21.3 Å². The number of halogens is 2. The van der Waals surface area contributed by atoms with Crippen molar-refractivity contribution in [3.8, 4) is 0 Å².